The van der Waals surface area contributed by atoms with Crippen LogP contribution in [0.15, 0.2) is 0 Å². The second-order valence-electron chi connectivity index (χ2n) is 6.13. The number of hydrogen-bond acceptors (Lipinski definition) is 5. The van der Waals surface area contributed by atoms with Crippen LogP contribution in [0.1, 0.15) is 40.0 Å². The first kappa shape index (κ1) is 18.1. The van der Waals surface area contributed by atoms with Gasteiger partial charge in [0.15, 0.2) is 6.10 Å². The summed E-state index contributed by atoms with van der Waals surface area (Å²) in [4.78, 5) is 11.7. The van der Waals surface area contributed by atoms with Crippen molar-refractivity contribution in [2.45, 2.75) is 63.7 Å². The molecule has 2 atom stereocenters. The van der Waals surface area contributed by atoms with Gasteiger partial charge in [-0.15, -0.1) is 0 Å². The molecule has 0 heterocycles. The lowest BCUT2D eigenvalue weighted by molar-refractivity contribution is -0.129. The van der Waals surface area contributed by atoms with Crippen LogP contribution in [0.5, 0.6) is 0 Å². The van der Waals surface area contributed by atoms with Gasteiger partial charge in [0.1, 0.15) is 5.60 Å². The summed E-state index contributed by atoms with van der Waals surface area (Å²) >= 11 is 0. The molecule has 1 amide bonds. The normalized spacial score (nSPS) is 26.2. The van der Waals surface area contributed by atoms with Gasteiger partial charge in [-0.05, 0) is 33.6 Å². The van der Waals surface area contributed by atoms with Crippen LogP contribution in [0.25, 0.3) is 0 Å². The second-order valence-corrected chi connectivity index (χ2v) is 7.73. The van der Waals surface area contributed by atoms with Gasteiger partial charge in [-0.3, -0.25) is 4.18 Å². The van der Waals surface area contributed by atoms with E-state index in [2.05, 4.69) is 9.50 Å². The molecule has 0 spiro atoms. The average Bonchev–Trinajstić information content (AvgIpc) is 2.18. The molecule has 0 unspecified atom stereocenters. The summed E-state index contributed by atoms with van der Waals surface area (Å²) in [6.07, 6.45) is -2.25. The van der Waals surface area contributed by atoms with Crippen molar-refractivity contribution in [1.29, 1.82) is 0 Å². The molecule has 1 rings (SSSR count). The third-order valence-corrected chi connectivity index (χ3v) is 3.34. The van der Waals surface area contributed by atoms with Gasteiger partial charge in [-0.2, -0.15) is 8.42 Å². The monoisotopic (exact) mass is 329 g/mol. The van der Waals surface area contributed by atoms with Crippen molar-refractivity contribution in [3.8, 4) is 0 Å². The number of carbonyl (C=O) groups excluding carboxylic acids is 1. The first-order valence-corrected chi connectivity index (χ1v) is 8.37. The van der Waals surface area contributed by atoms with Crippen LogP contribution in [0.4, 0.5) is 13.6 Å². The summed E-state index contributed by atoms with van der Waals surface area (Å²) in [6.45, 7) is 4.89. The van der Waals surface area contributed by atoms with E-state index < -0.39 is 46.3 Å². The highest BCUT2D eigenvalue weighted by atomic mass is 32.2. The lowest BCUT2D eigenvalue weighted by Crippen LogP contribution is -2.56. The number of ether oxygens (including phenoxy) is 1. The van der Waals surface area contributed by atoms with Gasteiger partial charge in [-0.1, -0.05) is 0 Å². The number of halogens is 2. The average molecular weight is 329 g/mol. The Labute approximate surface area is 123 Å². The SMILES string of the molecule is CC(C)(C)OC(=O)N[C@H]1CCCC(F)(F)[C@@H]1OS(C)(=O)=O. The topological polar surface area (TPSA) is 81.7 Å². The number of hydrogen-bond donors (Lipinski definition) is 1. The maximum Gasteiger partial charge on any atom is 0.407 e. The first-order valence-electron chi connectivity index (χ1n) is 6.56. The highest BCUT2D eigenvalue weighted by Gasteiger charge is 2.50. The van der Waals surface area contributed by atoms with E-state index in [1.165, 1.54) is 0 Å². The van der Waals surface area contributed by atoms with E-state index in [-0.39, 0.29) is 12.8 Å². The molecule has 1 saturated carbocycles. The molecule has 0 radical (unpaired) electrons. The molecular weight excluding hydrogens is 308 g/mol. The molecule has 0 bridgehead atoms. The molecule has 21 heavy (non-hydrogen) atoms. The fraction of sp³-hybridized carbons (Fsp3) is 0.917. The lowest BCUT2D eigenvalue weighted by atomic mass is 9.89. The third-order valence-electron chi connectivity index (χ3n) is 2.79. The zero-order valence-corrected chi connectivity index (χ0v) is 13.3. The van der Waals surface area contributed by atoms with Gasteiger partial charge in [0.2, 0.25) is 0 Å². The zero-order valence-electron chi connectivity index (χ0n) is 12.5. The number of alkyl carbamates (subject to hydrolysis) is 1. The van der Waals surface area contributed by atoms with Gasteiger partial charge in [0, 0.05) is 6.42 Å². The second kappa shape index (κ2) is 6.04. The van der Waals surface area contributed by atoms with Crippen LogP contribution >= 0.6 is 0 Å². The Kier molecular flexibility index (Phi) is 5.20. The van der Waals surface area contributed by atoms with Crippen LogP contribution in [0.2, 0.25) is 0 Å². The zero-order chi connectivity index (χ0) is 16.5. The summed E-state index contributed by atoms with van der Waals surface area (Å²) in [5.74, 6) is -3.33. The summed E-state index contributed by atoms with van der Waals surface area (Å²) < 4.78 is 59.5. The van der Waals surface area contributed by atoms with E-state index in [0.717, 1.165) is 0 Å². The number of amides is 1. The largest absolute Gasteiger partial charge is 0.444 e. The minimum atomic E-state index is -4.07. The van der Waals surface area contributed by atoms with Crippen LogP contribution < -0.4 is 5.32 Å². The molecule has 0 saturated heterocycles. The molecule has 0 aromatic rings. The van der Waals surface area contributed by atoms with Crippen molar-refractivity contribution < 1.29 is 30.9 Å². The Morgan fingerprint density at radius 3 is 2.38 bits per heavy atom. The van der Waals surface area contributed by atoms with Crippen molar-refractivity contribution in [2.75, 3.05) is 6.26 Å². The number of carbonyl (C=O) groups is 1. The van der Waals surface area contributed by atoms with E-state index in [4.69, 9.17) is 4.74 Å². The Balaban J connectivity index is 2.84. The minimum Gasteiger partial charge on any atom is -0.444 e. The van der Waals surface area contributed by atoms with E-state index in [9.17, 15) is 22.0 Å². The first-order chi connectivity index (χ1) is 9.30. The smallest absolute Gasteiger partial charge is 0.407 e. The highest BCUT2D eigenvalue weighted by Crippen LogP contribution is 2.36. The Morgan fingerprint density at radius 2 is 1.90 bits per heavy atom. The molecule has 1 fully saturated rings. The summed E-state index contributed by atoms with van der Waals surface area (Å²) in [5.41, 5.74) is -0.783. The fourth-order valence-electron chi connectivity index (χ4n) is 2.08. The van der Waals surface area contributed by atoms with Crippen molar-refractivity contribution in [3.63, 3.8) is 0 Å². The van der Waals surface area contributed by atoms with Crippen LogP contribution in [-0.4, -0.2) is 44.4 Å². The highest BCUT2D eigenvalue weighted by molar-refractivity contribution is 7.86. The van der Waals surface area contributed by atoms with Gasteiger partial charge >= 0.3 is 6.09 Å². The van der Waals surface area contributed by atoms with Gasteiger partial charge in [0.05, 0.1) is 12.3 Å². The molecule has 0 aromatic heterocycles. The summed E-state index contributed by atoms with van der Waals surface area (Å²) in [5, 5.41) is 2.27. The molecule has 1 N–H and O–H groups in total. The van der Waals surface area contributed by atoms with E-state index in [1.54, 1.807) is 20.8 Å². The standard InChI is InChI=1S/C12H21F2NO5S/c1-11(2,3)19-10(16)15-8-6-5-7-12(13,14)9(8)20-21(4,17)18/h8-9H,5-7H2,1-4H3,(H,15,16)/t8-,9+/m0/s1. The minimum absolute atomic E-state index is 0.150. The Hall–Kier alpha value is -0.960. The van der Waals surface area contributed by atoms with E-state index >= 15 is 0 Å². The van der Waals surface area contributed by atoms with Crippen molar-refractivity contribution >= 4 is 16.2 Å². The van der Waals surface area contributed by atoms with Crippen LogP contribution in [0.3, 0.4) is 0 Å². The maximum absolute atomic E-state index is 13.9. The van der Waals surface area contributed by atoms with E-state index in [1.807, 2.05) is 0 Å². The quantitative estimate of drug-likeness (QED) is 0.801. The fourth-order valence-corrected chi connectivity index (χ4v) is 2.73. The van der Waals surface area contributed by atoms with Crippen molar-refractivity contribution in [1.82, 2.24) is 5.32 Å². The summed E-state index contributed by atoms with van der Waals surface area (Å²) in [6, 6.07) is -1.13. The maximum atomic E-state index is 13.9. The molecule has 1 aliphatic carbocycles. The molecular formula is C12H21F2NO5S. The van der Waals surface area contributed by atoms with Crippen LogP contribution in [0, 0.1) is 0 Å². The molecule has 0 aliphatic heterocycles. The van der Waals surface area contributed by atoms with Crippen LogP contribution in [-0.2, 0) is 19.0 Å². The van der Waals surface area contributed by atoms with Crippen molar-refractivity contribution in [2.24, 2.45) is 0 Å². The number of nitrogens with one attached hydrogen (secondary N) is 1. The molecule has 0 aromatic carbocycles. The molecule has 6 nitrogen and oxygen atoms in total. The van der Waals surface area contributed by atoms with Gasteiger partial charge in [-0.25, -0.2) is 13.6 Å². The van der Waals surface area contributed by atoms with Crippen molar-refractivity contribution in [3.05, 3.63) is 0 Å². The summed E-state index contributed by atoms with van der Waals surface area (Å²) in [7, 11) is -4.07. The van der Waals surface area contributed by atoms with Gasteiger partial charge < -0.3 is 10.1 Å². The number of alkyl halides is 2. The van der Waals surface area contributed by atoms with Gasteiger partial charge in [0.25, 0.3) is 16.0 Å². The number of rotatable bonds is 3. The predicted molar refractivity (Wildman–Crippen MR) is 71.7 cm³/mol. The Bertz CT molecular complexity index is 486. The predicted octanol–water partition coefficient (Wildman–Crippen LogP) is 2.04. The molecule has 124 valence electrons. The van der Waals surface area contributed by atoms with E-state index in [0.29, 0.717) is 6.26 Å². The third kappa shape index (κ3) is 6.13. The Morgan fingerprint density at radius 1 is 1.33 bits per heavy atom. The lowest BCUT2D eigenvalue weighted by Gasteiger charge is -2.37. The molecule has 1 aliphatic rings. The molecule has 9 heteroatoms.